The molecule has 1 heterocycles. The second kappa shape index (κ2) is 7.76. The summed E-state index contributed by atoms with van der Waals surface area (Å²) in [6.45, 7) is 0. The monoisotopic (exact) mass is 386 g/mol. The van der Waals surface area contributed by atoms with Crippen molar-refractivity contribution in [1.82, 2.24) is 0 Å². The Morgan fingerprint density at radius 2 is 1.25 bits per heavy atom. The zero-order valence-corrected chi connectivity index (χ0v) is 16.7. The summed E-state index contributed by atoms with van der Waals surface area (Å²) in [5, 5.41) is 0. The molecule has 0 radical (unpaired) electrons. The van der Waals surface area contributed by atoms with Gasteiger partial charge in [-0.1, -0.05) is 25.0 Å². The first-order chi connectivity index (χ1) is 13.6. The maximum atomic E-state index is 12.5. The molecule has 2 aliphatic carbocycles. The van der Waals surface area contributed by atoms with Gasteiger partial charge in [-0.15, -0.1) is 0 Å². The number of hydrogen-bond acceptors (Lipinski definition) is 5. The Bertz CT molecular complexity index is 673. The van der Waals surface area contributed by atoms with Gasteiger partial charge in [-0.2, -0.15) is 0 Å². The Labute approximate surface area is 166 Å². The van der Waals surface area contributed by atoms with Crippen LogP contribution in [0.3, 0.4) is 0 Å². The van der Waals surface area contributed by atoms with Crippen molar-refractivity contribution >= 4 is 11.9 Å². The maximum Gasteiger partial charge on any atom is 0.317 e. The number of rotatable bonds is 2. The average molecular weight is 386 g/mol. The van der Waals surface area contributed by atoms with Crippen LogP contribution in [0.1, 0.15) is 82.1 Å². The number of methoxy groups -OCH3 is 1. The van der Waals surface area contributed by atoms with Gasteiger partial charge in [0.1, 0.15) is 23.4 Å². The fourth-order valence-corrected chi connectivity index (χ4v) is 5.73. The predicted molar refractivity (Wildman–Crippen MR) is 104 cm³/mol. The lowest BCUT2D eigenvalue weighted by Crippen LogP contribution is -2.57. The number of esters is 2. The molecule has 1 aliphatic heterocycles. The maximum absolute atomic E-state index is 12.5. The molecule has 0 amide bonds. The van der Waals surface area contributed by atoms with Crippen LogP contribution < -0.4 is 4.74 Å². The minimum Gasteiger partial charge on any atom is -0.497 e. The number of hydrogen-bond donors (Lipinski definition) is 0. The van der Waals surface area contributed by atoms with Crippen LogP contribution in [-0.2, 0) is 19.1 Å². The van der Waals surface area contributed by atoms with Crippen LogP contribution >= 0.6 is 0 Å². The van der Waals surface area contributed by atoms with E-state index in [0.717, 1.165) is 75.5 Å². The van der Waals surface area contributed by atoms with Gasteiger partial charge in [-0.25, -0.2) is 0 Å². The van der Waals surface area contributed by atoms with Crippen molar-refractivity contribution < 1.29 is 23.8 Å². The second-order valence-electron chi connectivity index (χ2n) is 8.58. The molecular weight excluding hydrogens is 356 g/mol. The van der Waals surface area contributed by atoms with Gasteiger partial charge >= 0.3 is 11.9 Å². The van der Waals surface area contributed by atoms with E-state index in [-0.39, 0.29) is 12.3 Å². The summed E-state index contributed by atoms with van der Waals surface area (Å²) in [7, 11) is 1.65. The van der Waals surface area contributed by atoms with E-state index in [1.807, 2.05) is 12.1 Å². The Morgan fingerprint density at radius 3 is 1.68 bits per heavy atom. The van der Waals surface area contributed by atoms with Crippen molar-refractivity contribution in [2.75, 3.05) is 7.11 Å². The minimum atomic E-state index is -0.595. The quantitative estimate of drug-likeness (QED) is 0.546. The number of carbonyl (C=O) groups excluding carboxylic acids is 2. The van der Waals surface area contributed by atoms with Crippen molar-refractivity contribution in [2.45, 2.75) is 87.7 Å². The molecule has 2 spiro atoms. The lowest BCUT2D eigenvalue weighted by Gasteiger charge is -2.53. The second-order valence-corrected chi connectivity index (χ2v) is 8.58. The van der Waals surface area contributed by atoms with Crippen molar-refractivity contribution in [2.24, 2.45) is 0 Å². The van der Waals surface area contributed by atoms with Gasteiger partial charge in [0.25, 0.3) is 0 Å². The normalized spacial score (nSPS) is 24.9. The van der Waals surface area contributed by atoms with E-state index in [4.69, 9.17) is 14.2 Å². The van der Waals surface area contributed by atoms with Crippen LogP contribution in [0.4, 0.5) is 0 Å². The van der Waals surface area contributed by atoms with Crippen molar-refractivity contribution in [3.05, 3.63) is 29.8 Å². The lowest BCUT2D eigenvalue weighted by molar-refractivity contribution is -0.206. The summed E-state index contributed by atoms with van der Waals surface area (Å²) in [5.74, 6) is -0.245. The molecule has 0 aromatic heterocycles. The van der Waals surface area contributed by atoms with E-state index in [1.54, 1.807) is 7.11 Å². The molecule has 3 aliphatic rings. The topological polar surface area (TPSA) is 61.8 Å². The molecular formula is C23H30O5. The van der Waals surface area contributed by atoms with Gasteiger partial charge in [-0.3, -0.25) is 9.59 Å². The molecule has 1 aromatic rings. The molecule has 5 nitrogen and oxygen atoms in total. The van der Waals surface area contributed by atoms with E-state index in [0.29, 0.717) is 0 Å². The fraction of sp³-hybridized carbons (Fsp3) is 0.652. The molecule has 4 rings (SSSR count). The molecule has 2 saturated carbocycles. The van der Waals surface area contributed by atoms with E-state index in [2.05, 4.69) is 12.1 Å². The Kier molecular flexibility index (Phi) is 5.35. The van der Waals surface area contributed by atoms with Gasteiger partial charge in [0.05, 0.1) is 13.0 Å². The summed E-state index contributed by atoms with van der Waals surface area (Å²) in [5.41, 5.74) is -0.115. The fourth-order valence-electron chi connectivity index (χ4n) is 5.73. The van der Waals surface area contributed by atoms with Gasteiger partial charge in [0.15, 0.2) is 0 Å². The first-order valence-electron chi connectivity index (χ1n) is 10.6. The highest BCUT2D eigenvalue weighted by Gasteiger charge is 2.57. The standard InChI is InChI=1S/C23H30O5/c1-26-18-10-8-17(9-11-18)21-22(12-4-2-5-13-22)27-19(24)16-20(25)28-23(21)14-6-3-7-15-23/h8-11,21H,2-7,12-16H2,1H3. The third-order valence-corrected chi connectivity index (χ3v) is 6.82. The SMILES string of the molecule is COc1ccc(C2C3(CCCCC3)OC(=O)CC(=O)OC23CCCCC3)cc1. The highest BCUT2D eigenvalue weighted by Crippen LogP contribution is 2.55. The molecule has 152 valence electrons. The Balaban J connectivity index is 1.85. The predicted octanol–water partition coefficient (Wildman–Crippen LogP) is 4.67. The van der Waals surface area contributed by atoms with E-state index in [9.17, 15) is 9.59 Å². The van der Waals surface area contributed by atoms with Gasteiger partial charge < -0.3 is 14.2 Å². The molecule has 28 heavy (non-hydrogen) atoms. The van der Waals surface area contributed by atoms with Crippen LogP contribution in [0.25, 0.3) is 0 Å². The van der Waals surface area contributed by atoms with Gasteiger partial charge in [0.2, 0.25) is 0 Å². The summed E-state index contributed by atoms with van der Waals surface area (Å²) in [4.78, 5) is 25.1. The van der Waals surface area contributed by atoms with Gasteiger partial charge in [-0.05, 0) is 69.1 Å². The molecule has 1 aromatic carbocycles. The molecule has 0 bridgehead atoms. The largest absolute Gasteiger partial charge is 0.497 e. The highest BCUT2D eigenvalue weighted by molar-refractivity contribution is 5.92. The average Bonchev–Trinajstić information content (AvgIpc) is 2.69. The Hall–Kier alpha value is -2.04. The number of benzene rings is 1. The molecule has 0 atom stereocenters. The molecule has 1 saturated heterocycles. The van der Waals surface area contributed by atoms with Crippen LogP contribution in [0.2, 0.25) is 0 Å². The number of ether oxygens (including phenoxy) is 3. The number of carbonyl (C=O) groups is 2. The van der Waals surface area contributed by atoms with Crippen molar-refractivity contribution in [1.29, 1.82) is 0 Å². The van der Waals surface area contributed by atoms with Gasteiger partial charge in [0, 0.05) is 0 Å². The van der Waals surface area contributed by atoms with Crippen LogP contribution in [-0.4, -0.2) is 30.3 Å². The molecule has 0 N–H and O–H groups in total. The van der Waals surface area contributed by atoms with E-state index < -0.39 is 23.1 Å². The minimum absolute atomic E-state index is 0.139. The summed E-state index contributed by atoms with van der Waals surface area (Å²) < 4.78 is 17.7. The summed E-state index contributed by atoms with van der Waals surface area (Å²) >= 11 is 0. The van der Waals surface area contributed by atoms with Crippen LogP contribution in [0, 0.1) is 0 Å². The summed E-state index contributed by atoms with van der Waals surface area (Å²) in [6, 6.07) is 8.01. The molecule has 3 fully saturated rings. The summed E-state index contributed by atoms with van der Waals surface area (Å²) in [6.07, 6.45) is 9.47. The first-order valence-corrected chi connectivity index (χ1v) is 10.6. The Morgan fingerprint density at radius 1 is 0.786 bits per heavy atom. The third-order valence-electron chi connectivity index (χ3n) is 6.82. The third kappa shape index (κ3) is 3.51. The lowest BCUT2D eigenvalue weighted by atomic mass is 9.61. The van der Waals surface area contributed by atoms with Crippen molar-refractivity contribution in [3.63, 3.8) is 0 Å². The zero-order valence-electron chi connectivity index (χ0n) is 16.7. The smallest absolute Gasteiger partial charge is 0.317 e. The molecule has 0 unspecified atom stereocenters. The highest BCUT2D eigenvalue weighted by atomic mass is 16.6. The van der Waals surface area contributed by atoms with Crippen molar-refractivity contribution in [3.8, 4) is 5.75 Å². The van der Waals surface area contributed by atoms with Crippen LogP contribution in [0.5, 0.6) is 5.75 Å². The first kappa shape index (κ1) is 19.3. The van der Waals surface area contributed by atoms with Crippen LogP contribution in [0.15, 0.2) is 24.3 Å². The zero-order chi connectivity index (χ0) is 19.6. The van der Waals surface area contributed by atoms with E-state index in [1.165, 1.54) is 0 Å². The molecule has 5 heteroatoms. The van der Waals surface area contributed by atoms with E-state index >= 15 is 0 Å².